The van der Waals surface area contributed by atoms with Gasteiger partial charge in [-0.3, -0.25) is 4.79 Å². The smallest absolute Gasteiger partial charge is 0.220 e. The molecule has 7 heteroatoms. The van der Waals surface area contributed by atoms with Gasteiger partial charge in [0.1, 0.15) is 5.82 Å². The minimum atomic E-state index is -0.504. The Hall–Kier alpha value is -1.82. The summed E-state index contributed by atoms with van der Waals surface area (Å²) in [5.74, 6) is -0.179. The maximum atomic E-state index is 13.6. The maximum Gasteiger partial charge on any atom is 0.220 e. The summed E-state index contributed by atoms with van der Waals surface area (Å²) < 4.78 is 15.3. The zero-order valence-corrected chi connectivity index (χ0v) is 10.7. The van der Waals surface area contributed by atoms with E-state index in [1.165, 1.54) is 12.1 Å². The van der Waals surface area contributed by atoms with Crippen molar-refractivity contribution in [3.05, 3.63) is 23.0 Å². The minimum Gasteiger partial charge on any atom is -0.369 e. The Morgan fingerprint density at radius 2 is 2.32 bits per heavy atom. The molecule has 1 amide bonds. The van der Waals surface area contributed by atoms with Crippen LogP contribution in [0.15, 0.2) is 12.1 Å². The van der Waals surface area contributed by atoms with E-state index >= 15 is 0 Å². The molecule has 0 aliphatic carbocycles. The van der Waals surface area contributed by atoms with Crippen LogP contribution in [0.1, 0.15) is 18.9 Å². The quantitative estimate of drug-likeness (QED) is 0.838. The van der Waals surface area contributed by atoms with Gasteiger partial charge in [-0.25, -0.2) is 9.37 Å². The highest BCUT2D eigenvalue weighted by Crippen LogP contribution is 2.29. The number of hydrogen-bond acceptors (Lipinski definition) is 3. The van der Waals surface area contributed by atoms with Crippen LogP contribution in [0.25, 0.3) is 11.0 Å². The maximum absolute atomic E-state index is 13.6. The van der Waals surface area contributed by atoms with Crippen LogP contribution >= 0.6 is 11.6 Å². The number of nitrogens with one attached hydrogen (secondary N) is 1. The van der Waals surface area contributed by atoms with Gasteiger partial charge in [0.25, 0.3) is 0 Å². The molecule has 1 saturated heterocycles. The number of nitrogens with two attached hydrogens (primary N) is 1. The number of aromatic nitrogens is 2. The van der Waals surface area contributed by atoms with Gasteiger partial charge < -0.3 is 15.6 Å². The van der Waals surface area contributed by atoms with Crippen LogP contribution in [0.2, 0.25) is 5.02 Å². The normalized spacial score (nSPS) is 19.7. The average molecular weight is 283 g/mol. The van der Waals surface area contributed by atoms with E-state index in [4.69, 9.17) is 17.3 Å². The third-order valence-electron chi connectivity index (χ3n) is 3.36. The van der Waals surface area contributed by atoms with E-state index in [1.54, 1.807) is 4.57 Å². The van der Waals surface area contributed by atoms with Crippen molar-refractivity contribution in [2.45, 2.75) is 18.9 Å². The number of benzene rings is 1. The van der Waals surface area contributed by atoms with Crippen LogP contribution in [0.3, 0.4) is 0 Å². The van der Waals surface area contributed by atoms with Crippen LogP contribution in [-0.2, 0) is 4.79 Å². The van der Waals surface area contributed by atoms with Crippen molar-refractivity contribution in [2.75, 3.05) is 12.3 Å². The zero-order valence-electron chi connectivity index (χ0n) is 9.99. The Morgan fingerprint density at radius 3 is 3.00 bits per heavy atom. The second-order valence-corrected chi connectivity index (χ2v) is 5.00. The lowest BCUT2D eigenvalue weighted by atomic mass is 10.1. The molecule has 1 aromatic carbocycles. The van der Waals surface area contributed by atoms with Crippen LogP contribution in [-0.4, -0.2) is 22.0 Å². The van der Waals surface area contributed by atoms with Gasteiger partial charge >= 0.3 is 0 Å². The first-order chi connectivity index (χ1) is 9.06. The fraction of sp³-hybridized carbons (Fsp3) is 0.333. The first kappa shape index (κ1) is 12.2. The molecule has 1 aliphatic rings. The van der Waals surface area contributed by atoms with Crippen molar-refractivity contribution < 1.29 is 9.18 Å². The molecule has 2 aromatic rings. The Labute approximate surface area is 113 Å². The number of imidazole rings is 1. The Bertz CT molecular complexity index is 659. The minimum absolute atomic E-state index is 0.0109. The van der Waals surface area contributed by atoms with Gasteiger partial charge in [0.05, 0.1) is 22.1 Å². The summed E-state index contributed by atoms with van der Waals surface area (Å²) >= 11 is 5.73. The van der Waals surface area contributed by atoms with Crippen molar-refractivity contribution in [3.63, 3.8) is 0 Å². The SMILES string of the molecule is Nc1nc2cc(Cl)c(F)cc2n1C1CCC(=O)NC1. The number of nitrogen functional groups attached to an aromatic ring is 1. The van der Waals surface area contributed by atoms with E-state index in [-0.39, 0.29) is 17.0 Å². The molecule has 1 aromatic heterocycles. The number of anilines is 1. The van der Waals surface area contributed by atoms with E-state index in [0.29, 0.717) is 36.4 Å². The number of amides is 1. The number of rotatable bonds is 1. The summed E-state index contributed by atoms with van der Waals surface area (Å²) in [6.45, 7) is 0.471. The largest absolute Gasteiger partial charge is 0.369 e. The summed E-state index contributed by atoms with van der Waals surface area (Å²) in [4.78, 5) is 15.4. The molecule has 0 saturated carbocycles. The topological polar surface area (TPSA) is 72.9 Å². The first-order valence-corrected chi connectivity index (χ1v) is 6.33. The first-order valence-electron chi connectivity index (χ1n) is 5.95. The second kappa shape index (κ2) is 4.38. The summed E-state index contributed by atoms with van der Waals surface area (Å²) in [5.41, 5.74) is 7.05. The number of nitrogens with zero attached hydrogens (tertiary/aromatic N) is 2. The average Bonchev–Trinajstić information content (AvgIpc) is 2.67. The lowest BCUT2D eigenvalue weighted by molar-refractivity contribution is -0.122. The van der Waals surface area contributed by atoms with E-state index < -0.39 is 5.82 Å². The molecule has 1 atom stereocenters. The van der Waals surface area contributed by atoms with Crippen molar-refractivity contribution in [1.82, 2.24) is 14.9 Å². The highest BCUT2D eigenvalue weighted by molar-refractivity contribution is 6.31. The number of hydrogen-bond donors (Lipinski definition) is 2. The number of piperidine rings is 1. The van der Waals surface area contributed by atoms with Gasteiger partial charge in [0.15, 0.2) is 0 Å². The van der Waals surface area contributed by atoms with Gasteiger partial charge in [0.2, 0.25) is 11.9 Å². The highest BCUT2D eigenvalue weighted by Gasteiger charge is 2.23. The van der Waals surface area contributed by atoms with Crippen LogP contribution in [0.5, 0.6) is 0 Å². The molecule has 0 radical (unpaired) electrons. The molecule has 1 fully saturated rings. The van der Waals surface area contributed by atoms with Gasteiger partial charge in [-0.05, 0) is 12.5 Å². The Balaban J connectivity index is 2.10. The summed E-state index contributed by atoms with van der Waals surface area (Å²) in [7, 11) is 0. The third kappa shape index (κ3) is 2.02. The molecule has 1 unspecified atom stereocenters. The fourth-order valence-corrected chi connectivity index (χ4v) is 2.59. The molecule has 5 nitrogen and oxygen atoms in total. The Kier molecular flexibility index (Phi) is 2.82. The highest BCUT2D eigenvalue weighted by atomic mass is 35.5. The molecule has 2 heterocycles. The van der Waals surface area contributed by atoms with Gasteiger partial charge in [-0.1, -0.05) is 11.6 Å². The second-order valence-electron chi connectivity index (χ2n) is 4.59. The van der Waals surface area contributed by atoms with Crippen molar-refractivity contribution >= 4 is 34.5 Å². The summed E-state index contributed by atoms with van der Waals surface area (Å²) in [6.07, 6.45) is 1.09. The van der Waals surface area contributed by atoms with Gasteiger partial charge in [-0.2, -0.15) is 0 Å². The van der Waals surface area contributed by atoms with Crippen molar-refractivity contribution in [1.29, 1.82) is 0 Å². The van der Waals surface area contributed by atoms with Crippen molar-refractivity contribution in [3.8, 4) is 0 Å². The predicted molar refractivity (Wildman–Crippen MR) is 70.4 cm³/mol. The molecular formula is C12H12ClFN4O. The molecule has 100 valence electrons. The fourth-order valence-electron chi connectivity index (χ4n) is 2.43. The number of halogens is 2. The van der Waals surface area contributed by atoms with E-state index in [9.17, 15) is 9.18 Å². The van der Waals surface area contributed by atoms with Crippen LogP contribution in [0.4, 0.5) is 10.3 Å². The lowest BCUT2D eigenvalue weighted by Gasteiger charge is -2.25. The van der Waals surface area contributed by atoms with Crippen LogP contribution in [0, 0.1) is 5.82 Å². The molecule has 3 N–H and O–H groups in total. The number of carbonyl (C=O) groups is 1. The third-order valence-corrected chi connectivity index (χ3v) is 3.65. The Morgan fingerprint density at radius 1 is 1.53 bits per heavy atom. The van der Waals surface area contributed by atoms with E-state index in [1.807, 2.05) is 0 Å². The molecule has 0 bridgehead atoms. The molecule has 3 rings (SSSR count). The number of carbonyl (C=O) groups excluding carboxylic acids is 1. The molecule has 0 spiro atoms. The van der Waals surface area contributed by atoms with E-state index in [2.05, 4.69) is 10.3 Å². The summed E-state index contributed by atoms with van der Waals surface area (Å²) in [6, 6.07) is 2.78. The van der Waals surface area contributed by atoms with Gasteiger partial charge in [-0.15, -0.1) is 0 Å². The molecule has 19 heavy (non-hydrogen) atoms. The molecule has 1 aliphatic heterocycles. The van der Waals surface area contributed by atoms with E-state index in [0.717, 1.165) is 0 Å². The standard InChI is InChI=1S/C12H12ClFN4O/c13-7-3-9-10(4-8(7)14)18(12(15)17-9)6-1-2-11(19)16-5-6/h3-4,6H,1-2,5H2,(H2,15,17)(H,16,19). The number of fused-ring (bicyclic) bond motifs is 1. The van der Waals surface area contributed by atoms with Crippen LogP contribution < -0.4 is 11.1 Å². The van der Waals surface area contributed by atoms with Crippen molar-refractivity contribution in [2.24, 2.45) is 0 Å². The molecular weight excluding hydrogens is 271 g/mol. The zero-order chi connectivity index (χ0) is 13.6. The lowest BCUT2D eigenvalue weighted by Crippen LogP contribution is -2.36. The predicted octanol–water partition coefficient (Wildman–Crippen LogP) is 1.86. The monoisotopic (exact) mass is 282 g/mol. The van der Waals surface area contributed by atoms with Gasteiger partial charge in [0, 0.05) is 19.0 Å². The summed E-state index contributed by atoms with van der Waals surface area (Å²) in [5, 5.41) is 2.80.